The molecule has 0 spiro atoms. The zero-order valence-corrected chi connectivity index (χ0v) is 12.3. The van der Waals surface area contributed by atoms with Crippen LogP contribution in [0.3, 0.4) is 0 Å². The number of thiazole rings is 1. The number of nitrogens with one attached hydrogen (secondary N) is 1. The van der Waals surface area contributed by atoms with E-state index in [4.69, 9.17) is 5.11 Å². The molecule has 2 aromatic rings. The van der Waals surface area contributed by atoms with Crippen molar-refractivity contribution in [2.45, 2.75) is 25.0 Å². The first-order valence-electron chi connectivity index (χ1n) is 5.72. The highest BCUT2D eigenvalue weighted by atomic mass is 32.2. The van der Waals surface area contributed by atoms with E-state index in [1.54, 1.807) is 6.20 Å². The summed E-state index contributed by atoms with van der Waals surface area (Å²) >= 11 is 1.40. The molecule has 5 nitrogen and oxygen atoms in total. The highest BCUT2D eigenvalue weighted by Gasteiger charge is 2.16. The van der Waals surface area contributed by atoms with Crippen molar-refractivity contribution in [2.24, 2.45) is 0 Å². The molecule has 0 radical (unpaired) electrons. The van der Waals surface area contributed by atoms with Crippen LogP contribution >= 0.6 is 11.3 Å². The van der Waals surface area contributed by atoms with E-state index < -0.39 is 22.4 Å². The number of sulfonamides is 1. The molecule has 0 saturated heterocycles. The lowest BCUT2D eigenvalue weighted by molar-refractivity contribution is 0.275. The number of aromatic nitrogens is 1. The number of hydrogen-bond donors (Lipinski definition) is 2. The maximum Gasteiger partial charge on any atom is 0.240 e. The third-order valence-corrected chi connectivity index (χ3v) is 4.89. The molecule has 1 aromatic carbocycles. The minimum Gasteiger partial charge on any atom is -0.392 e. The molecule has 20 heavy (non-hydrogen) atoms. The summed E-state index contributed by atoms with van der Waals surface area (Å²) in [5.41, 5.74) is -0.0574. The fourth-order valence-corrected chi connectivity index (χ4v) is 3.42. The van der Waals surface area contributed by atoms with Crippen LogP contribution in [-0.2, 0) is 23.2 Å². The molecular formula is C12H13FN2O3S2. The highest BCUT2D eigenvalue weighted by Crippen LogP contribution is 2.16. The van der Waals surface area contributed by atoms with E-state index in [-0.39, 0.29) is 17.0 Å². The molecule has 0 aliphatic rings. The SMILES string of the molecule is Cc1cnc(CNS(=O)(=O)c2ccc(F)c(CO)c2)s1. The van der Waals surface area contributed by atoms with Crippen LogP contribution in [0, 0.1) is 12.7 Å². The predicted octanol–water partition coefficient (Wildman–Crippen LogP) is 1.56. The molecule has 108 valence electrons. The smallest absolute Gasteiger partial charge is 0.240 e. The summed E-state index contributed by atoms with van der Waals surface area (Å²) < 4.78 is 39.7. The van der Waals surface area contributed by atoms with Gasteiger partial charge in [-0.1, -0.05) is 0 Å². The number of benzene rings is 1. The topological polar surface area (TPSA) is 79.3 Å². The van der Waals surface area contributed by atoms with Gasteiger partial charge in [0.1, 0.15) is 10.8 Å². The van der Waals surface area contributed by atoms with Gasteiger partial charge in [-0.3, -0.25) is 0 Å². The molecule has 0 atom stereocenters. The van der Waals surface area contributed by atoms with Crippen molar-refractivity contribution in [3.63, 3.8) is 0 Å². The largest absolute Gasteiger partial charge is 0.392 e. The van der Waals surface area contributed by atoms with Crippen molar-refractivity contribution in [2.75, 3.05) is 0 Å². The number of hydrogen-bond acceptors (Lipinski definition) is 5. The van der Waals surface area contributed by atoms with Crippen molar-refractivity contribution >= 4 is 21.4 Å². The summed E-state index contributed by atoms with van der Waals surface area (Å²) in [6.07, 6.45) is 1.66. The number of aryl methyl sites for hydroxylation is 1. The van der Waals surface area contributed by atoms with Crippen LogP contribution in [0.15, 0.2) is 29.3 Å². The van der Waals surface area contributed by atoms with E-state index in [1.165, 1.54) is 11.3 Å². The summed E-state index contributed by atoms with van der Waals surface area (Å²) in [4.78, 5) is 4.95. The normalized spacial score (nSPS) is 11.8. The van der Waals surface area contributed by atoms with Crippen LogP contribution in [0.2, 0.25) is 0 Å². The predicted molar refractivity (Wildman–Crippen MR) is 73.2 cm³/mol. The molecule has 0 bridgehead atoms. The van der Waals surface area contributed by atoms with Crippen LogP contribution in [0.5, 0.6) is 0 Å². The summed E-state index contributed by atoms with van der Waals surface area (Å²) in [7, 11) is -3.76. The van der Waals surface area contributed by atoms with Crippen LogP contribution in [0.4, 0.5) is 4.39 Å². The van der Waals surface area contributed by atoms with Crippen molar-refractivity contribution in [3.05, 3.63) is 45.7 Å². The number of nitrogens with zero attached hydrogens (tertiary/aromatic N) is 1. The van der Waals surface area contributed by atoms with Gasteiger partial charge in [0, 0.05) is 16.6 Å². The molecule has 0 aliphatic carbocycles. The van der Waals surface area contributed by atoms with Crippen LogP contribution in [-0.4, -0.2) is 18.5 Å². The van der Waals surface area contributed by atoms with Gasteiger partial charge in [0.2, 0.25) is 10.0 Å². The van der Waals surface area contributed by atoms with Gasteiger partial charge in [0.25, 0.3) is 0 Å². The lowest BCUT2D eigenvalue weighted by Gasteiger charge is -2.07. The van der Waals surface area contributed by atoms with E-state index in [2.05, 4.69) is 9.71 Å². The fraction of sp³-hybridized carbons (Fsp3) is 0.250. The second-order valence-corrected chi connectivity index (χ2v) is 7.19. The maximum absolute atomic E-state index is 13.2. The third kappa shape index (κ3) is 3.40. The maximum atomic E-state index is 13.2. The third-order valence-electron chi connectivity index (χ3n) is 2.58. The molecule has 1 aromatic heterocycles. The average Bonchev–Trinajstić information content (AvgIpc) is 2.83. The van der Waals surface area contributed by atoms with Gasteiger partial charge in [0.15, 0.2) is 0 Å². The summed E-state index contributed by atoms with van der Waals surface area (Å²) in [5, 5.41) is 9.60. The molecule has 2 rings (SSSR count). The molecule has 0 amide bonds. The minimum atomic E-state index is -3.76. The first-order valence-corrected chi connectivity index (χ1v) is 8.02. The van der Waals surface area contributed by atoms with Crippen LogP contribution < -0.4 is 4.72 Å². The van der Waals surface area contributed by atoms with Gasteiger partial charge in [0.05, 0.1) is 18.0 Å². The highest BCUT2D eigenvalue weighted by molar-refractivity contribution is 7.89. The quantitative estimate of drug-likeness (QED) is 0.877. The lowest BCUT2D eigenvalue weighted by atomic mass is 10.2. The van der Waals surface area contributed by atoms with E-state index in [1.807, 2.05) is 6.92 Å². The molecule has 0 fully saturated rings. The second kappa shape index (κ2) is 5.96. The zero-order valence-electron chi connectivity index (χ0n) is 10.6. The molecule has 8 heteroatoms. The Kier molecular flexibility index (Phi) is 4.48. The van der Waals surface area contributed by atoms with Gasteiger partial charge in [-0.05, 0) is 25.1 Å². The monoisotopic (exact) mass is 316 g/mol. The molecular weight excluding hydrogens is 303 g/mol. The molecule has 0 saturated carbocycles. The van der Waals surface area contributed by atoms with E-state index in [0.29, 0.717) is 5.01 Å². The Balaban J connectivity index is 2.17. The van der Waals surface area contributed by atoms with Gasteiger partial charge < -0.3 is 5.11 Å². The van der Waals surface area contributed by atoms with Crippen molar-refractivity contribution in [1.29, 1.82) is 0 Å². The lowest BCUT2D eigenvalue weighted by Crippen LogP contribution is -2.23. The van der Waals surface area contributed by atoms with Crippen molar-refractivity contribution in [3.8, 4) is 0 Å². The first-order chi connectivity index (χ1) is 9.42. The van der Waals surface area contributed by atoms with Crippen LogP contribution in [0.1, 0.15) is 15.4 Å². The Morgan fingerprint density at radius 2 is 2.20 bits per heavy atom. The van der Waals surface area contributed by atoms with Crippen LogP contribution in [0.25, 0.3) is 0 Å². The number of halogens is 1. The minimum absolute atomic E-state index is 0.0574. The second-order valence-electron chi connectivity index (χ2n) is 4.10. The molecule has 1 heterocycles. The van der Waals surface area contributed by atoms with Gasteiger partial charge in [-0.15, -0.1) is 11.3 Å². The first kappa shape index (κ1) is 15.0. The Bertz CT molecular complexity index is 713. The Morgan fingerprint density at radius 3 is 2.80 bits per heavy atom. The van der Waals surface area contributed by atoms with Crippen molar-refractivity contribution < 1.29 is 17.9 Å². The van der Waals surface area contributed by atoms with E-state index in [9.17, 15) is 12.8 Å². The average molecular weight is 316 g/mol. The summed E-state index contributed by atoms with van der Waals surface area (Å²) in [6, 6.07) is 3.29. The number of rotatable bonds is 5. The standard InChI is InChI=1S/C12H13FN2O3S2/c1-8-5-14-12(19-8)6-15-20(17,18)10-2-3-11(13)9(4-10)7-16/h2-5,15-16H,6-7H2,1H3. The number of aliphatic hydroxyl groups excluding tert-OH is 1. The van der Waals surface area contributed by atoms with Gasteiger partial charge in [-0.25, -0.2) is 22.5 Å². The Hall–Kier alpha value is -1.35. The van der Waals surface area contributed by atoms with Gasteiger partial charge in [-0.2, -0.15) is 0 Å². The molecule has 0 aliphatic heterocycles. The van der Waals surface area contributed by atoms with Gasteiger partial charge >= 0.3 is 0 Å². The van der Waals surface area contributed by atoms with Crippen molar-refractivity contribution in [1.82, 2.24) is 9.71 Å². The van der Waals surface area contributed by atoms with E-state index in [0.717, 1.165) is 23.1 Å². The van der Waals surface area contributed by atoms with E-state index >= 15 is 0 Å². The summed E-state index contributed by atoms with van der Waals surface area (Å²) in [6.45, 7) is 1.40. The molecule has 0 unspecified atom stereocenters. The summed E-state index contributed by atoms with van der Waals surface area (Å²) in [5.74, 6) is -0.637. The fourth-order valence-electron chi connectivity index (χ4n) is 1.56. The Morgan fingerprint density at radius 1 is 1.45 bits per heavy atom. The molecule has 2 N–H and O–H groups in total. The number of aliphatic hydroxyl groups is 1. The Labute approximate surface area is 120 Å². The zero-order chi connectivity index (χ0) is 14.8.